The summed E-state index contributed by atoms with van der Waals surface area (Å²) in [6.45, 7) is 0.637. The molecule has 1 fully saturated rings. The van der Waals surface area contributed by atoms with Crippen molar-refractivity contribution < 1.29 is 9.59 Å². The lowest BCUT2D eigenvalue weighted by Gasteiger charge is -2.40. The van der Waals surface area contributed by atoms with Crippen molar-refractivity contribution >= 4 is 34.0 Å². The van der Waals surface area contributed by atoms with E-state index in [0.29, 0.717) is 23.7 Å². The van der Waals surface area contributed by atoms with Crippen LogP contribution in [0.1, 0.15) is 54.4 Å². The van der Waals surface area contributed by atoms with Crippen molar-refractivity contribution in [2.45, 2.75) is 51.1 Å². The van der Waals surface area contributed by atoms with Gasteiger partial charge in [0, 0.05) is 12.1 Å². The fourth-order valence-corrected chi connectivity index (χ4v) is 5.27. The van der Waals surface area contributed by atoms with Crippen molar-refractivity contribution in [3.05, 3.63) is 71.8 Å². The van der Waals surface area contributed by atoms with Crippen LogP contribution < -0.4 is 16.0 Å². The number of benzene rings is 3. The third kappa shape index (κ3) is 4.07. The molecule has 3 aromatic rings. The number of anilines is 2. The van der Waals surface area contributed by atoms with Crippen molar-refractivity contribution in [3.8, 4) is 0 Å². The Morgan fingerprint density at radius 3 is 2.53 bits per heavy atom. The first-order valence-electron chi connectivity index (χ1n) is 11.6. The Morgan fingerprint density at radius 1 is 0.969 bits per heavy atom. The van der Waals surface area contributed by atoms with Gasteiger partial charge in [-0.15, -0.1) is 0 Å². The number of nitrogens with zero attached hydrogens (tertiary/aromatic N) is 1. The lowest BCUT2D eigenvalue weighted by atomic mass is 9.83. The van der Waals surface area contributed by atoms with Crippen molar-refractivity contribution in [2.24, 2.45) is 11.7 Å². The molecule has 2 amide bonds. The molecule has 1 aliphatic heterocycles. The second kappa shape index (κ2) is 8.65. The minimum atomic E-state index is -0.493. The molecule has 0 saturated heterocycles. The van der Waals surface area contributed by atoms with E-state index in [2.05, 4.69) is 40.5 Å². The molecule has 32 heavy (non-hydrogen) atoms. The van der Waals surface area contributed by atoms with Gasteiger partial charge in [0.2, 0.25) is 11.8 Å². The zero-order chi connectivity index (χ0) is 22.1. The zero-order valence-electron chi connectivity index (χ0n) is 18.2. The smallest absolute Gasteiger partial charge is 0.248 e. The molecule has 1 aliphatic carbocycles. The summed E-state index contributed by atoms with van der Waals surface area (Å²) in [6.07, 6.45) is 7.05. The SMILES string of the molecule is NC(=O)c1ccc2c(c1)NC(=O)C(CC1CCCCC1)N2Cc1ccc2ccccc2c1. The van der Waals surface area contributed by atoms with Crippen LogP contribution in [0.3, 0.4) is 0 Å². The van der Waals surface area contributed by atoms with Gasteiger partial charge in [0.1, 0.15) is 6.04 Å². The van der Waals surface area contributed by atoms with E-state index in [9.17, 15) is 9.59 Å². The number of hydrogen-bond acceptors (Lipinski definition) is 3. The van der Waals surface area contributed by atoms with Gasteiger partial charge in [-0.3, -0.25) is 9.59 Å². The average molecular weight is 428 g/mol. The summed E-state index contributed by atoms with van der Waals surface area (Å²) in [4.78, 5) is 27.2. The van der Waals surface area contributed by atoms with E-state index in [1.165, 1.54) is 42.9 Å². The number of hydrogen-bond donors (Lipinski definition) is 2. The molecule has 1 atom stereocenters. The second-order valence-electron chi connectivity index (χ2n) is 9.15. The van der Waals surface area contributed by atoms with Crippen LogP contribution in [0.2, 0.25) is 0 Å². The molecule has 0 spiro atoms. The molecule has 3 N–H and O–H groups in total. The summed E-state index contributed by atoms with van der Waals surface area (Å²) in [5, 5.41) is 5.45. The summed E-state index contributed by atoms with van der Waals surface area (Å²) >= 11 is 0. The summed E-state index contributed by atoms with van der Waals surface area (Å²) in [7, 11) is 0. The highest BCUT2D eigenvalue weighted by Crippen LogP contribution is 2.38. The van der Waals surface area contributed by atoms with E-state index in [0.717, 1.165) is 17.7 Å². The van der Waals surface area contributed by atoms with Gasteiger partial charge in [-0.2, -0.15) is 0 Å². The van der Waals surface area contributed by atoms with Gasteiger partial charge in [0.05, 0.1) is 11.4 Å². The van der Waals surface area contributed by atoms with Gasteiger partial charge >= 0.3 is 0 Å². The molecule has 0 radical (unpaired) electrons. The molecule has 0 bridgehead atoms. The zero-order valence-corrected chi connectivity index (χ0v) is 18.2. The molecule has 1 heterocycles. The lowest BCUT2D eigenvalue weighted by molar-refractivity contribution is -0.118. The molecule has 3 aromatic carbocycles. The predicted octanol–water partition coefficient (Wildman–Crippen LogP) is 5.24. The number of amides is 2. The molecule has 1 saturated carbocycles. The fraction of sp³-hybridized carbons (Fsp3) is 0.333. The lowest BCUT2D eigenvalue weighted by Crippen LogP contribution is -2.48. The number of primary amides is 1. The largest absolute Gasteiger partial charge is 0.366 e. The maximum absolute atomic E-state index is 13.3. The molecule has 5 rings (SSSR count). The van der Waals surface area contributed by atoms with Crippen molar-refractivity contribution in [1.29, 1.82) is 0 Å². The number of fused-ring (bicyclic) bond motifs is 2. The predicted molar refractivity (Wildman–Crippen MR) is 129 cm³/mol. The average Bonchev–Trinajstić information content (AvgIpc) is 2.81. The van der Waals surface area contributed by atoms with E-state index in [4.69, 9.17) is 5.73 Å². The van der Waals surface area contributed by atoms with Gasteiger partial charge in [-0.1, -0.05) is 68.5 Å². The van der Waals surface area contributed by atoms with Crippen molar-refractivity contribution in [3.63, 3.8) is 0 Å². The van der Waals surface area contributed by atoms with Gasteiger partial charge in [0.15, 0.2) is 0 Å². The second-order valence-corrected chi connectivity index (χ2v) is 9.15. The first-order chi connectivity index (χ1) is 15.6. The highest BCUT2D eigenvalue weighted by Gasteiger charge is 2.35. The molecule has 5 heteroatoms. The summed E-state index contributed by atoms with van der Waals surface area (Å²) in [5.74, 6) is 0.0861. The van der Waals surface area contributed by atoms with Crippen LogP contribution >= 0.6 is 0 Å². The van der Waals surface area contributed by atoms with Gasteiger partial charge in [0.25, 0.3) is 0 Å². The minimum absolute atomic E-state index is 0.00508. The summed E-state index contributed by atoms with van der Waals surface area (Å²) in [6, 6.07) is 20.0. The van der Waals surface area contributed by atoms with Crippen molar-refractivity contribution in [1.82, 2.24) is 0 Å². The Morgan fingerprint density at radius 2 is 1.75 bits per heavy atom. The number of carbonyl (C=O) groups excluding carboxylic acids is 2. The number of rotatable bonds is 5. The first-order valence-corrected chi connectivity index (χ1v) is 11.6. The topological polar surface area (TPSA) is 75.4 Å². The Kier molecular flexibility index (Phi) is 5.56. The number of nitrogens with one attached hydrogen (secondary N) is 1. The first kappa shape index (κ1) is 20.6. The van der Waals surface area contributed by atoms with Crippen LogP contribution in [0.25, 0.3) is 10.8 Å². The minimum Gasteiger partial charge on any atom is -0.366 e. The van der Waals surface area contributed by atoms with E-state index in [1.54, 1.807) is 12.1 Å². The quantitative estimate of drug-likeness (QED) is 0.585. The Balaban J connectivity index is 1.51. The Labute approximate surface area is 188 Å². The molecular formula is C27H29N3O2. The summed E-state index contributed by atoms with van der Waals surface area (Å²) < 4.78 is 0. The molecule has 0 aromatic heterocycles. The van der Waals surface area contributed by atoms with Crippen LogP contribution in [0.5, 0.6) is 0 Å². The van der Waals surface area contributed by atoms with Crippen LogP contribution in [0.15, 0.2) is 60.7 Å². The maximum Gasteiger partial charge on any atom is 0.248 e. The van der Waals surface area contributed by atoms with Gasteiger partial charge in [-0.05, 0) is 52.9 Å². The standard InChI is InChI=1S/C27H29N3O2/c28-26(31)22-12-13-24-23(16-22)29-27(32)25(15-18-6-2-1-3-7-18)30(24)17-19-10-11-20-8-4-5-9-21(20)14-19/h4-5,8-14,16,18,25H,1-3,6-7,15,17H2,(H2,28,31)(H,29,32). The highest BCUT2D eigenvalue weighted by atomic mass is 16.2. The Hall–Kier alpha value is -3.34. The third-order valence-corrected chi connectivity index (χ3v) is 6.98. The van der Waals surface area contributed by atoms with Crippen LogP contribution in [0, 0.1) is 5.92 Å². The van der Waals surface area contributed by atoms with E-state index >= 15 is 0 Å². The fourth-order valence-electron chi connectivity index (χ4n) is 5.27. The van der Waals surface area contributed by atoms with E-state index in [-0.39, 0.29) is 11.9 Å². The molecule has 5 nitrogen and oxygen atoms in total. The third-order valence-electron chi connectivity index (χ3n) is 6.98. The van der Waals surface area contributed by atoms with Crippen LogP contribution in [-0.2, 0) is 11.3 Å². The van der Waals surface area contributed by atoms with Crippen LogP contribution in [0.4, 0.5) is 11.4 Å². The van der Waals surface area contributed by atoms with E-state index < -0.39 is 5.91 Å². The summed E-state index contributed by atoms with van der Waals surface area (Å²) in [5.41, 5.74) is 8.65. The molecular weight excluding hydrogens is 398 g/mol. The highest BCUT2D eigenvalue weighted by molar-refractivity contribution is 6.05. The molecule has 2 aliphatic rings. The normalized spacial score (nSPS) is 18.9. The monoisotopic (exact) mass is 427 g/mol. The Bertz CT molecular complexity index is 1170. The maximum atomic E-state index is 13.3. The van der Waals surface area contributed by atoms with Crippen molar-refractivity contribution in [2.75, 3.05) is 10.2 Å². The van der Waals surface area contributed by atoms with Gasteiger partial charge < -0.3 is 16.0 Å². The number of carbonyl (C=O) groups is 2. The van der Waals surface area contributed by atoms with Gasteiger partial charge in [-0.25, -0.2) is 0 Å². The van der Waals surface area contributed by atoms with E-state index in [1.807, 2.05) is 18.2 Å². The van der Waals surface area contributed by atoms with Crippen LogP contribution in [-0.4, -0.2) is 17.9 Å². The number of nitrogens with two attached hydrogens (primary N) is 1. The molecule has 164 valence electrons. The molecule has 1 unspecified atom stereocenters.